The minimum atomic E-state index is -0.924. The Balaban J connectivity index is 1.67. The number of esters is 4. The normalized spacial score (nSPS) is 39.3. The second kappa shape index (κ2) is 13.8. The maximum Gasteiger partial charge on any atom is 0.325 e. The summed E-state index contributed by atoms with van der Waals surface area (Å²) in [5.74, 6) is -0.793. The smallest absolute Gasteiger partial charge is 0.325 e. The van der Waals surface area contributed by atoms with Gasteiger partial charge in [-0.15, -0.1) is 0 Å². The Labute approximate surface area is 288 Å². The maximum atomic E-state index is 12.8. The first-order valence-corrected chi connectivity index (χ1v) is 18.2. The summed E-state index contributed by atoms with van der Waals surface area (Å²) in [4.78, 5) is 49.7. The van der Waals surface area contributed by atoms with Gasteiger partial charge < -0.3 is 29.4 Å². The van der Waals surface area contributed by atoms with E-state index in [1.807, 2.05) is 6.92 Å². The van der Waals surface area contributed by atoms with Crippen LogP contribution < -0.4 is 5.32 Å². The summed E-state index contributed by atoms with van der Waals surface area (Å²) in [5.41, 5.74) is -1.25. The third-order valence-corrected chi connectivity index (χ3v) is 14.2. The Bertz CT molecular complexity index is 1230. The molecule has 0 amide bonds. The van der Waals surface area contributed by atoms with E-state index >= 15 is 0 Å². The molecule has 0 heterocycles. The van der Waals surface area contributed by atoms with Crippen molar-refractivity contribution in [1.29, 1.82) is 0 Å². The van der Waals surface area contributed by atoms with Crippen molar-refractivity contribution in [2.45, 2.75) is 157 Å². The van der Waals surface area contributed by atoms with Crippen molar-refractivity contribution in [3.05, 3.63) is 0 Å². The molecule has 10 heteroatoms. The molecule has 48 heavy (non-hydrogen) atoms. The van der Waals surface area contributed by atoms with E-state index < -0.39 is 23.7 Å². The number of nitrogens with one attached hydrogen (secondary N) is 1. The molecule has 4 rings (SSSR count). The number of aliphatic hydroxyl groups excluding tert-OH is 1. The summed E-state index contributed by atoms with van der Waals surface area (Å²) >= 11 is 0. The molecule has 4 fully saturated rings. The van der Waals surface area contributed by atoms with Crippen molar-refractivity contribution in [2.75, 3.05) is 13.7 Å². The summed E-state index contributed by atoms with van der Waals surface area (Å²) in [5, 5.41) is 13.2. The Morgan fingerprint density at radius 1 is 0.875 bits per heavy atom. The molecule has 5 unspecified atom stereocenters. The van der Waals surface area contributed by atoms with E-state index in [4.69, 9.17) is 18.9 Å². The predicted molar refractivity (Wildman–Crippen MR) is 180 cm³/mol. The van der Waals surface area contributed by atoms with Crippen LogP contribution in [0.25, 0.3) is 0 Å². The maximum absolute atomic E-state index is 12.8. The Morgan fingerprint density at radius 2 is 1.50 bits per heavy atom. The van der Waals surface area contributed by atoms with E-state index in [0.717, 1.165) is 44.9 Å². The van der Waals surface area contributed by atoms with E-state index in [1.165, 1.54) is 27.9 Å². The van der Waals surface area contributed by atoms with Gasteiger partial charge in [-0.3, -0.25) is 19.2 Å². The number of ether oxygens (including phenoxy) is 4. The number of fused-ring (bicyclic) bond motifs is 5. The van der Waals surface area contributed by atoms with Crippen molar-refractivity contribution in [1.82, 2.24) is 5.32 Å². The standard InChI is InChI=1S/C38H63NO9/c1-22(40)32(33(44)45-11)39-20-12-16-38(10,48-25(4)43)26-13-18-37(9)31(26)27(46-23(2)41)21-29-35(7)17-15-30(47-24(3)42)34(5,6)28(35)14-19-36(29,37)8/h22,26-32,39-40H,12-21H2,1-11H3/t22-,26?,27?,28?,29?,30+,31+,32-,35+,36-,37-,38?/m1/s1. The van der Waals surface area contributed by atoms with Crippen molar-refractivity contribution < 1.29 is 43.2 Å². The van der Waals surface area contributed by atoms with Crippen LogP contribution in [0.3, 0.4) is 0 Å². The average Bonchev–Trinajstić information content (AvgIpc) is 3.34. The number of rotatable bonds is 11. The van der Waals surface area contributed by atoms with Gasteiger partial charge in [-0.1, -0.05) is 34.6 Å². The average molecular weight is 678 g/mol. The fourth-order valence-electron chi connectivity index (χ4n) is 12.0. The highest BCUT2D eigenvalue weighted by atomic mass is 16.6. The first kappa shape index (κ1) is 38.6. The van der Waals surface area contributed by atoms with Crippen LogP contribution in [-0.2, 0) is 38.1 Å². The van der Waals surface area contributed by atoms with Crippen LogP contribution in [0.5, 0.6) is 0 Å². The predicted octanol–water partition coefficient (Wildman–Crippen LogP) is 5.76. The van der Waals surface area contributed by atoms with Gasteiger partial charge in [0.15, 0.2) is 0 Å². The van der Waals surface area contributed by atoms with Crippen molar-refractivity contribution in [3.63, 3.8) is 0 Å². The molecule has 0 spiro atoms. The molecule has 4 aliphatic carbocycles. The third-order valence-electron chi connectivity index (χ3n) is 14.2. The topological polar surface area (TPSA) is 137 Å². The van der Waals surface area contributed by atoms with Gasteiger partial charge in [0.05, 0.1) is 13.2 Å². The summed E-state index contributed by atoms with van der Waals surface area (Å²) in [6.07, 6.45) is 6.15. The monoisotopic (exact) mass is 677 g/mol. The van der Waals surface area contributed by atoms with Crippen molar-refractivity contribution >= 4 is 23.9 Å². The number of methoxy groups -OCH3 is 1. The molecule has 0 aromatic rings. The minimum absolute atomic E-state index is 0.00853. The molecule has 10 nitrogen and oxygen atoms in total. The van der Waals surface area contributed by atoms with E-state index in [-0.39, 0.29) is 63.6 Å². The molecule has 0 radical (unpaired) electrons. The molecule has 0 aliphatic heterocycles. The Hall–Kier alpha value is -2.20. The lowest BCUT2D eigenvalue weighted by atomic mass is 9.35. The van der Waals surface area contributed by atoms with Gasteiger partial charge >= 0.3 is 23.9 Å². The quantitative estimate of drug-likeness (QED) is 0.158. The van der Waals surface area contributed by atoms with Gasteiger partial charge in [-0.2, -0.15) is 0 Å². The van der Waals surface area contributed by atoms with Crippen molar-refractivity contribution in [3.8, 4) is 0 Å². The van der Waals surface area contributed by atoms with Crippen LogP contribution >= 0.6 is 0 Å². The van der Waals surface area contributed by atoms with Crippen LogP contribution in [0.1, 0.15) is 127 Å². The zero-order valence-electron chi connectivity index (χ0n) is 31.4. The molecule has 12 atom stereocenters. The molecule has 4 aliphatic rings. The molecule has 4 saturated carbocycles. The Morgan fingerprint density at radius 3 is 2.06 bits per heavy atom. The molecular weight excluding hydrogens is 614 g/mol. The lowest BCUT2D eigenvalue weighted by Crippen LogP contribution is -2.67. The fraction of sp³-hybridized carbons (Fsp3) is 0.895. The zero-order valence-corrected chi connectivity index (χ0v) is 31.4. The van der Waals surface area contributed by atoms with Crippen molar-refractivity contribution in [2.24, 2.45) is 45.3 Å². The lowest BCUT2D eigenvalue weighted by molar-refractivity contribution is -0.253. The van der Waals surface area contributed by atoms with E-state index in [9.17, 15) is 24.3 Å². The largest absolute Gasteiger partial charge is 0.468 e. The van der Waals surface area contributed by atoms with Crippen LogP contribution in [0.4, 0.5) is 0 Å². The van der Waals surface area contributed by atoms with Gasteiger partial charge in [0.1, 0.15) is 23.9 Å². The van der Waals surface area contributed by atoms with Gasteiger partial charge in [0.25, 0.3) is 0 Å². The molecule has 274 valence electrons. The molecule has 2 N–H and O–H groups in total. The SMILES string of the molecule is COC(=O)[C@H](NCCCC(C)(OC(C)=O)C1CC[C@]2(C)[C@@H]1C(OC(C)=O)CC1[C@@]3(C)CC[C@H](OC(C)=O)C(C)(C)C3CC[C@]12C)[C@@H](C)O. The lowest BCUT2D eigenvalue weighted by Gasteiger charge is -2.70. The van der Waals surface area contributed by atoms with Crippen LogP contribution in [0, 0.1) is 45.3 Å². The van der Waals surface area contributed by atoms with Gasteiger partial charge in [-0.25, -0.2) is 0 Å². The molecule has 0 bridgehead atoms. The third kappa shape index (κ3) is 6.66. The highest BCUT2D eigenvalue weighted by Gasteiger charge is 2.72. The van der Waals surface area contributed by atoms with Crippen LogP contribution in [0.2, 0.25) is 0 Å². The summed E-state index contributed by atoms with van der Waals surface area (Å²) in [6.45, 7) is 20.3. The number of carbonyl (C=O) groups excluding carboxylic acids is 4. The second-order valence-corrected chi connectivity index (χ2v) is 17.2. The highest BCUT2D eigenvalue weighted by molar-refractivity contribution is 5.76. The zero-order chi connectivity index (χ0) is 36.0. The van der Waals surface area contributed by atoms with E-state index in [1.54, 1.807) is 6.92 Å². The number of carbonyl (C=O) groups is 4. The number of aliphatic hydroxyl groups is 1. The molecule has 0 aromatic carbocycles. The van der Waals surface area contributed by atoms with Gasteiger partial charge in [-0.05, 0) is 106 Å². The van der Waals surface area contributed by atoms with Crippen LogP contribution in [0.15, 0.2) is 0 Å². The highest BCUT2D eigenvalue weighted by Crippen LogP contribution is 2.76. The minimum Gasteiger partial charge on any atom is -0.468 e. The first-order valence-electron chi connectivity index (χ1n) is 18.2. The molecular formula is C38H63NO9. The summed E-state index contributed by atoms with van der Waals surface area (Å²) in [7, 11) is 1.30. The molecule has 0 aromatic heterocycles. The Kier molecular flexibility index (Phi) is 11.1. The summed E-state index contributed by atoms with van der Waals surface area (Å²) in [6, 6.07) is -0.848. The summed E-state index contributed by atoms with van der Waals surface area (Å²) < 4.78 is 23.3. The number of hydrogen-bond acceptors (Lipinski definition) is 10. The van der Waals surface area contributed by atoms with Gasteiger partial charge in [0.2, 0.25) is 0 Å². The van der Waals surface area contributed by atoms with Gasteiger partial charge in [0, 0.05) is 38.0 Å². The van der Waals surface area contributed by atoms with E-state index in [2.05, 4.69) is 39.9 Å². The second-order valence-electron chi connectivity index (χ2n) is 17.2. The van der Waals surface area contributed by atoms with E-state index in [0.29, 0.717) is 31.2 Å². The number of hydrogen-bond donors (Lipinski definition) is 2. The molecule has 0 saturated heterocycles. The fourth-order valence-corrected chi connectivity index (χ4v) is 12.0. The van der Waals surface area contributed by atoms with Crippen LogP contribution in [-0.4, -0.2) is 72.6 Å². The first-order chi connectivity index (χ1) is 22.2.